The van der Waals surface area contributed by atoms with Crippen molar-refractivity contribution in [3.63, 3.8) is 0 Å². The van der Waals surface area contributed by atoms with Crippen LogP contribution in [0.2, 0.25) is 0 Å². The third-order valence-electron chi connectivity index (χ3n) is 12.8. The van der Waals surface area contributed by atoms with Crippen LogP contribution in [0.3, 0.4) is 0 Å². The molecule has 4 saturated carbocycles. The van der Waals surface area contributed by atoms with Crippen LogP contribution < -0.4 is 0 Å². The van der Waals surface area contributed by atoms with E-state index in [4.69, 9.17) is 0 Å². The van der Waals surface area contributed by atoms with Crippen molar-refractivity contribution in [2.45, 2.75) is 90.1 Å². The largest absolute Gasteiger partial charge is 0.332 e. The Labute approximate surface area is 207 Å². The van der Waals surface area contributed by atoms with Crippen LogP contribution in [0.1, 0.15) is 94.5 Å². The minimum Gasteiger partial charge on any atom is -0.332 e. The molecular formula is C31H46N2O. The molecule has 0 aromatic heterocycles. The Morgan fingerprint density at radius 2 is 1.68 bits per heavy atom. The van der Waals surface area contributed by atoms with Gasteiger partial charge in [-0.2, -0.15) is 0 Å². The number of carbonyl (C=O) groups is 1. The Balaban J connectivity index is 1.28. The summed E-state index contributed by atoms with van der Waals surface area (Å²) in [6, 6.07) is 9.17. The summed E-state index contributed by atoms with van der Waals surface area (Å²) >= 11 is 0. The molecule has 5 aliphatic rings. The summed E-state index contributed by atoms with van der Waals surface area (Å²) in [5, 5.41) is 0. The topological polar surface area (TPSA) is 23.6 Å². The van der Waals surface area contributed by atoms with E-state index in [-0.39, 0.29) is 11.4 Å². The zero-order valence-corrected chi connectivity index (χ0v) is 22.4. The first-order chi connectivity index (χ1) is 16.1. The molecule has 9 atom stereocenters. The van der Waals surface area contributed by atoms with Gasteiger partial charge in [0, 0.05) is 18.7 Å². The molecule has 1 heterocycles. The number of rotatable bonds is 2. The van der Waals surface area contributed by atoms with E-state index in [2.05, 4.69) is 69.9 Å². The molecule has 6 rings (SSSR count). The molecule has 0 N–H and O–H groups in total. The summed E-state index contributed by atoms with van der Waals surface area (Å²) < 4.78 is 0. The van der Waals surface area contributed by atoms with Crippen molar-refractivity contribution in [3.05, 3.63) is 35.4 Å². The summed E-state index contributed by atoms with van der Waals surface area (Å²) in [7, 11) is 6.63. The summed E-state index contributed by atoms with van der Waals surface area (Å²) in [4.78, 5) is 17.8. The summed E-state index contributed by atoms with van der Waals surface area (Å²) in [5.74, 6) is 4.56. The Hall–Kier alpha value is -1.35. The first-order valence-corrected chi connectivity index (χ1v) is 14.2. The van der Waals surface area contributed by atoms with E-state index in [9.17, 15) is 4.79 Å². The summed E-state index contributed by atoms with van der Waals surface area (Å²) in [6.45, 7) is 7.81. The van der Waals surface area contributed by atoms with Gasteiger partial charge in [0.25, 0.3) is 5.91 Å². The monoisotopic (exact) mass is 462 g/mol. The van der Waals surface area contributed by atoms with E-state index < -0.39 is 0 Å². The van der Waals surface area contributed by atoms with Gasteiger partial charge in [-0.25, -0.2) is 0 Å². The maximum absolute atomic E-state index is 13.2. The third-order valence-corrected chi connectivity index (χ3v) is 12.8. The molecule has 1 aromatic rings. The highest BCUT2D eigenvalue weighted by Gasteiger charge is 2.63. The molecule has 3 heteroatoms. The zero-order chi connectivity index (χ0) is 24.0. The Bertz CT molecular complexity index is 987. The predicted octanol–water partition coefficient (Wildman–Crippen LogP) is 6.58. The number of carbonyl (C=O) groups excluding carboxylic acids is 1. The van der Waals surface area contributed by atoms with Crippen LogP contribution in [-0.4, -0.2) is 42.9 Å². The van der Waals surface area contributed by atoms with Gasteiger partial charge in [0.15, 0.2) is 0 Å². The second-order valence-electron chi connectivity index (χ2n) is 13.7. The maximum atomic E-state index is 13.2. The second kappa shape index (κ2) is 7.58. The highest BCUT2D eigenvalue weighted by Crippen LogP contribution is 2.69. The third kappa shape index (κ3) is 2.83. The number of nitrogens with zero attached hydrogens (tertiary/aromatic N) is 2. The van der Waals surface area contributed by atoms with Gasteiger partial charge in [-0.3, -0.25) is 4.79 Å². The fourth-order valence-electron chi connectivity index (χ4n) is 10.6. The molecule has 0 radical (unpaired) electrons. The first kappa shape index (κ1) is 23.1. The van der Waals surface area contributed by atoms with E-state index in [1.54, 1.807) is 0 Å². The number of hydrogen-bond acceptors (Lipinski definition) is 2. The molecule has 186 valence electrons. The SMILES string of the molecule is C[C@H]([C@@H]1CC[C@H]2[C@@H]3CC[C@@H]4C[C@]5(CC[C@]4(C)[C@@H]3CC[C@@]21C)c1ccccc1C(=O)N5C)N(C)C. The van der Waals surface area contributed by atoms with E-state index in [0.717, 1.165) is 41.6 Å². The minimum absolute atomic E-state index is 0.0620. The lowest BCUT2D eigenvalue weighted by molar-refractivity contribution is -0.134. The van der Waals surface area contributed by atoms with E-state index >= 15 is 0 Å². The molecule has 1 aromatic carbocycles. The van der Waals surface area contributed by atoms with Gasteiger partial charge >= 0.3 is 0 Å². The molecule has 0 saturated heterocycles. The molecule has 3 nitrogen and oxygen atoms in total. The van der Waals surface area contributed by atoms with Gasteiger partial charge < -0.3 is 9.80 Å². The minimum atomic E-state index is -0.0620. The van der Waals surface area contributed by atoms with Gasteiger partial charge in [0.1, 0.15) is 0 Å². The van der Waals surface area contributed by atoms with Crippen LogP contribution in [-0.2, 0) is 5.54 Å². The van der Waals surface area contributed by atoms with Crippen molar-refractivity contribution in [2.75, 3.05) is 21.1 Å². The number of fused-ring (bicyclic) bond motifs is 7. The van der Waals surface area contributed by atoms with Gasteiger partial charge in [-0.15, -0.1) is 0 Å². The molecule has 4 fully saturated rings. The van der Waals surface area contributed by atoms with Crippen LogP contribution in [0.5, 0.6) is 0 Å². The van der Waals surface area contributed by atoms with Gasteiger partial charge in [0.2, 0.25) is 0 Å². The van der Waals surface area contributed by atoms with Crippen LogP contribution >= 0.6 is 0 Å². The van der Waals surface area contributed by atoms with E-state index in [1.807, 2.05) is 6.07 Å². The molecular weight excluding hydrogens is 416 g/mol. The second-order valence-corrected chi connectivity index (χ2v) is 13.7. The lowest BCUT2D eigenvalue weighted by atomic mass is 9.43. The number of amides is 1. The molecule has 34 heavy (non-hydrogen) atoms. The van der Waals surface area contributed by atoms with Crippen molar-refractivity contribution in [3.8, 4) is 0 Å². The number of hydrogen-bond donors (Lipinski definition) is 0. The fourth-order valence-corrected chi connectivity index (χ4v) is 10.6. The van der Waals surface area contributed by atoms with Crippen LogP contribution in [0, 0.1) is 40.4 Å². The quantitative estimate of drug-likeness (QED) is 0.496. The van der Waals surface area contributed by atoms with Gasteiger partial charge in [0.05, 0.1) is 5.54 Å². The molecule has 0 bridgehead atoms. The van der Waals surface area contributed by atoms with E-state index in [0.29, 0.717) is 16.9 Å². The first-order valence-electron chi connectivity index (χ1n) is 14.2. The van der Waals surface area contributed by atoms with Crippen LogP contribution in [0.4, 0.5) is 0 Å². The normalized spacial score (nSPS) is 46.3. The van der Waals surface area contributed by atoms with E-state index in [1.165, 1.54) is 56.9 Å². The van der Waals surface area contributed by atoms with Gasteiger partial charge in [-0.1, -0.05) is 32.0 Å². The average Bonchev–Trinajstić information content (AvgIpc) is 3.28. The van der Waals surface area contributed by atoms with Crippen LogP contribution in [0.15, 0.2) is 24.3 Å². The number of benzene rings is 1. The molecule has 1 spiro atoms. The maximum Gasteiger partial charge on any atom is 0.254 e. The Morgan fingerprint density at radius 3 is 2.44 bits per heavy atom. The highest BCUT2D eigenvalue weighted by atomic mass is 16.2. The lowest BCUT2D eigenvalue weighted by Crippen LogP contribution is -2.57. The lowest BCUT2D eigenvalue weighted by Gasteiger charge is -2.63. The fraction of sp³-hybridized carbons (Fsp3) is 0.774. The van der Waals surface area contributed by atoms with Crippen molar-refractivity contribution in [1.82, 2.24) is 9.80 Å². The summed E-state index contributed by atoms with van der Waals surface area (Å²) in [5.41, 5.74) is 3.19. The standard InChI is InChI=1S/C31H46N2O/c1-20(32(4)5)24-13-14-25-22-12-11-21-19-31(27-10-8-7-9-23(27)28(34)33(31)6)18-17-29(21,2)26(22)15-16-30(24,25)3/h7-10,20-22,24-26H,11-19H2,1-6H3/t20-,21-,22+,24+,25+,26-,29+,30-,31-/m1/s1. The van der Waals surface area contributed by atoms with Crippen LogP contribution in [0.25, 0.3) is 0 Å². The Morgan fingerprint density at radius 1 is 0.941 bits per heavy atom. The molecule has 0 unspecified atom stereocenters. The average molecular weight is 463 g/mol. The summed E-state index contributed by atoms with van der Waals surface area (Å²) in [6.07, 6.45) is 12.1. The predicted molar refractivity (Wildman–Crippen MR) is 139 cm³/mol. The Kier molecular flexibility index (Phi) is 5.14. The van der Waals surface area contributed by atoms with Crippen molar-refractivity contribution >= 4 is 5.91 Å². The zero-order valence-electron chi connectivity index (χ0n) is 22.4. The van der Waals surface area contributed by atoms with Crippen molar-refractivity contribution in [2.24, 2.45) is 40.4 Å². The molecule has 1 aliphatic heterocycles. The van der Waals surface area contributed by atoms with Gasteiger partial charge in [-0.05, 0) is 131 Å². The highest BCUT2D eigenvalue weighted by molar-refractivity contribution is 5.99. The smallest absolute Gasteiger partial charge is 0.254 e. The molecule has 4 aliphatic carbocycles. The van der Waals surface area contributed by atoms with Crippen molar-refractivity contribution < 1.29 is 4.79 Å². The molecule has 1 amide bonds. The van der Waals surface area contributed by atoms with Crippen molar-refractivity contribution in [1.29, 1.82) is 0 Å².